The number of benzene rings is 3. The van der Waals surface area contributed by atoms with Crippen LogP contribution in [0.25, 0.3) is 5.57 Å². The molecule has 0 aromatic heterocycles. The minimum atomic E-state index is 0.601. The zero-order valence-electron chi connectivity index (χ0n) is 17.4. The Labute approximate surface area is 174 Å². The summed E-state index contributed by atoms with van der Waals surface area (Å²) >= 11 is 0. The Kier molecular flexibility index (Phi) is 6.37. The van der Waals surface area contributed by atoms with Gasteiger partial charge in [0.15, 0.2) is 0 Å². The van der Waals surface area contributed by atoms with Gasteiger partial charge in [0, 0.05) is 5.69 Å². The van der Waals surface area contributed by atoms with Crippen molar-refractivity contribution in [2.75, 3.05) is 4.23 Å². The third kappa shape index (κ3) is 4.54. The van der Waals surface area contributed by atoms with Crippen molar-refractivity contribution in [3.8, 4) is 0 Å². The Balaban J connectivity index is 1.98. The molecule has 0 fully saturated rings. The molecule has 3 aromatic carbocycles. The standard InChI is InChI=1S/C25H27NSi2/c1-17(2)22-13-15-23(16-14-22)26(27-24-11-7-9-18(3)20(24)5)28-25-12-8-10-19(4)21(25)6/h7-16H,1H2,2-6H3. The minimum Gasteiger partial charge on any atom is -0.419 e. The van der Waals surface area contributed by atoms with Gasteiger partial charge in [-0.25, -0.2) is 0 Å². The lowest BCUT2D eigenvalue weighted by atomic mass is 10.1. The molecule has 0 bridgehead atoms. The van der Waals surface area contributed by atoms with Crippen LogP contribution in [-0.2, 0) is 0 Å². The summed E-state index contributed by atoms with van der Waals surface area (Å²) < 4.78 is 2.53. The number of nitrogens with zero attached hydrogens (tertiary/aromatic N) is 1. The van der Waals surface area contributed by atoms with E-state index in [0.717, 1.165) is 5.57 Å². The zero-order valence-corrected chi connectivity index (χ0v) is 19.4. The molecule has 28 heavy (non-hydrogen) atoms. The van der Waals surface area contributed by atoms with Gasteiger partial charge in [-0.1, -0.05) is 60.7 Å². The van der Waals surface area contributed by atoms with Gasteiger partial charge in [-0.15, -0.1) is 0 Å². The molecule has 0 amide bonds. The number of hydrogen-bond donors (Lipinski definition) is 0. The average molecular weight is 398 g/mol. The number of allylic oxidation sites excluding steroid dienone is 1. The van der Waals surface area contributed by atoms with Crippen molar-refractivity contribution < 1.29 is 0 Å². The Morgan fingerprint density at radius 1 is 0.714 bits per heavy atom. The van der Waals surface area contributed by atoms with Crippen LogP contribution in [-0.4, -0.2) is 19.4 Å². The number of hydrogen-bond acceptors (Lipinski definition) is 1. The maximum atomic E-state index is 4.07. The second-order valence-electron chi connectivity index (χ2n) is 7.38. The highest BCUT2D eigenvalue weighted by atomic mass is 28.3. The number of anilines is 1. The lowest BCUT2D eigenvalue weighted by Gasteiger charge is -2.26. The van der Waals surface area contributed by atoms with Gasteiger partial charge in [0.2, 0.25) is 19.4 Å². The Hall–Kier alpha value is -2.37. The number of aryl methyl sites for hydroxylation is 2. The molecule has 4 radical (unpaired) electrons. The molecule has 0 saturated heterocycles. The van der Waals surface area contributed by atoms with Gasteiger partial charge in [0.1, 0.15) is 0 Å². The summed E-state index contributed by atoms with van der Waals surface area (Å²) in [5, 5.41) is 2.84. The van der Waals surface area contributed by atoms with Gasteiger partial charge in [-0.2, -0.15) is 0 Å². The fourth-order valence-corrected chi connectivity index (χ4v) is 6.09. The zero-order chi connectivity index (χ0) is 20.3. The van der Waals surface area contributed by atoms with Crippen LogP contribution in [0.4, 0.5) is 5.69 Å². The van der Waals surface area contributed by atoms with Gasteiger partial charge in [0.05, 0.1) is 0 Å². The van der Waals surface area contributed by atoms with E-state index in [1.807, 2.05) is 0 Å². The third-order valence-electron chi connectivity index (χ3n) is 5.29. The van der Waals surface area contributed by atoms with Crippen molar-refractivity contribution in [1.82, 2.24) is 0 Å². The van der Waals surface area contributed by atoms with Crippen LogP contribution < -0.4 is 14.6 Å². The van der Waals surface area contributed by atoms with Gasteiger partial charge in [-0.3, -0.25) is 0 Å². The third-order valence-corrected chi connectivity index (χ3v) is 8.49. The van der Waals surface area contributed by atoms with Crippen molar-refractivity contribution in [1.29, 1.82) is 0 Å². The Morgan fingerprint density at radius 3 is 1.61 bits per heavy atom. The molecule has 3 aromatic rings. The molecule has 140 valence electrons. The van der Waals surface area contributed by atoms with Crippen LogP contribution in [0.5, 0.6) is 0 Å². The van der Waals surface area contributed by atoms with Crippen LogP contribution in [0.15, 0.2) is 67.2 Å². The molecule has 0 atom stereocenters. The molecule has 0 aliphatic carbocycles. The maximum absolute atomic E-state index is 4.07. The monoisotopic (exact) mass is 397 g/mol. The predicted molar refractivity (Wildman–Crippen MR) is 126 cm³/mol. The van der Waals surface area contributed by atoms with E-state index in [0.29, 0.717) is 19.4 Å². The molecular formula is C25H27NSi2. The first-order valence-electron chi connectivity index (χ1n) is 9.58. The van der Waals surface area contributed by atoms with E-state index in [4.69, 9.17) is 0 Å². The van der Waals surface area contributed by atoms with E-state index in [9.17, 15) is 0 Å². The summed E-state index contributed by atoms with van der Waals surface area (Å²) in [6.45, 7) is 15.0. The molecule has 0 unspecified atom stereocenters. The van der Waals surface area contributed by atoms with Crippen LogP contribution in [0.2, 0.25) is 0 Å². The molecule has 0 aliphatic heterocycles. The van der Waals surface area contributed by atoms with E-state index in [2.05, 4.69) is 106 Å². The van der Waals surface area contributed by atoms with E-state index < -0.39 is 0 Å². The molecule has 1 nitrogen and oxygen atoms in total. The van der Waals surface area contributed by atoms with E-state index in [-0.39, 0.29) is 0 Å². The summed E-state index contributed by atoms with van der Waals surface area (Å²) in [6, 6.07) is 22.1. The first kappa shape index (κ1) is 20.4. The Bertz CT molecular complexity index is 936. The molecule has 0 saturated carbocycles. The second kappa shape index (κ2) is 8.76. The molecule has 3 heteroatoms. The molecule has 3 rings (SSSR count). The Morgan fingerprint density at radius 2 is 1.18 bits per heavy atom. The lowest BCUT2D eigenvalue weighted by Crippen LogP contribution is -2.45. The highest BCUT2D eigenvalue weighted by Gasteiger charge is 2.15. The van der Waals surface area contributed by atoms with Crippen molar-refractivity contribution in [2.24, 2.45) is 0 Å². The van der Waals surface area contributed by atoms with Gasteiger partial charge in [-0.05, 0) is 84.9 Å². The molecular weight excluding hydrogens is 370 g/mol. The summed E-state index contributed by atoms with van der Waals surface area (Å²) in [6.07, 6.45) is 0. The van der Waals surface area contributed by atoms with E-state index in [1.165, 1.54) is 43.9 Å². The first-order valence-corrected chi connectivity index (χ1v) is 11.5. The lowest BCUT2D eigenvalue weighted by molar-refractivity contribution is 1.36. The summed E-state index contributed by atoms with van der Waals surface area (Å²) in [5.41, 5.74) is 9.09. The highest BCUT2D eigenvalue weighted by molar-refractivity contribution is 6.77. The topological polar surface area (TPSA) is 3.24 Å². The minimum absolute atomic E-state index is 0.601. The molecule has 0 N–H and O–H groups in total. The normalized spacial score (nSPS) is 10.8. The maximum Gasteiger partial charge on any atom is 0.212 e. The van der Waals surface area contributed by atoms with Crippen LogP contribution in [0, 0.1) is 27.7 Å². The van der Waals surface area contributed by atoms with Gasteiger partial charge < -0.3 is 4.23 Å². The van der Waals surface area contributed by atoms with Crippen LogP contribution in [0.3, 0.4) is 0 Å². The van der Waals surface area contributed by atoms with E-state index >= 15 is 0 Å². The van der Waals surface area contributed by atoms with Gasteiger partial charge in [0.25, 0.3) is 0 Å². The van der Waals surface area contributed by atoms with Crippen molar-refractivity contribution in [3.05, 3.63) is 95.1 Å². The predicted octanol–water partition coefficient (Wildman–Crippen LogP) is 4.65. The van der Waals surface area contributed by atoms with Crippen molar-refractivity contribution in [3.63, 3.8) is 0 Å². The number of rotatable bonds is 6. The summed E-state index contributed by atoms with van der Waals surface area (Å²) in [4.78, 5) is 0. The molecule has 0 spiro atoms. The van der Waals surface area contributed by atoms with Crippen LogP contribution in [0.1, 0.15) is 34.7 Å². The SMILES string of the molecule is C=C(C)c1ccc(N([Si]c2cccc(C)c2C)[Si]c2cccc(C)c2C)cc1. The smallest absolute Gasteiger partial charge is 0.212 e. The quantitative estimate of drug-likeness (QED) is 0.547. The average Bonchev–Trinajstić information content (AvgIpc) is 2.68. The summed E-state index contributed by atoms with van der Waals surface area (Å²) in [7, 11) is 1.20. The highest BCUT2D eigenvalue weighted by Crippen LogP contribution is 2.18. The fourth-order valence-electron chi connectivity index (χ4n) is 3.04. The summed E-state index contributed by atoms with van der Waals surface area (Å²) in [5.74, 6) is 0. The molecule has 0 heterocycles. The second-order valence-corrected chi connectivity index (χ2v) is 10.2. The molecule has 0 aliphatic rings. The van der Waals surface area contributed by atoms with E-state index in [1.54, 1.807) is 0 Å². The van der Waals surface area contributed by atoms with Crippen LogP contribution >= 0.6 is 0 Å². The fraction of sp³-hybridized carbons (Fsp3) is 0.200. The first-order chi connectivity index (χ1) is 13.4. The largest absolute Gasteiger partial charge is 0.419 e. The van der Waals surface area contributed by atoms with Crippen molar-refractivity contribution >= 4 is 41.0 Å². The van der Waals surface area contributed by atoms with Gasteiger partial charge >= 0.3 is 0 Å². The van der Waals surface area contributed by atoms with Crippen molar-refractivity contribution in [2.45, 2.75) is 34.6 Å².